The Balaban J connectivity index is 1.60. The van der Waals surface area contributed by atoms with E-state index >= 15 is 0 Å². The molecule has 0 spiro atoms. The summed E-state index contributed by atoms with van der Waals surface area (Å²) in [4.78, 5) is 29.4. The number of nitrogens with one attached hydrogen (secondary N) is 1. The highest BCUT2D eigenvalue weighted by Crippen LogP contribution is 2.21. The van der Waals surface area contributed by atoms with Gasteiger partial charge >= 0.3 is 12.2 Å². The minimum atomic E-state index is -1.05. The van der Waals surface area contributed by atoms with Gasteiger partial charge in [-0.25, -0.2) is 9.59 Å². The Morgan fingerprint density at radius 2 is 1.85 bits per heavy atom. The number of thiazole rings is 1. The predicted octanol–water partition coefficient (Wildman–Crippen LogP) is 4.58. The molecule has 0 aliphatic rings. The van der Waals surface area contributed by atoms with Crippen molar-refractivity contribution in [3.05, 3.63) is 76.7 Å². The van der Waals surface area contributed by atoms with Crippen molar-refractivity contribution in [2.75, 3.05) is 10.2 Å². The zero-order chi connectivity index (χ0) is 19.1. The summed E-state index contributed by atoms with van der Waals surface area (Å²) in [6, 6.07) is 15.9. The number of carbonyl (C=O) groups is 2. The minimum Gasteiger partial charge on any atom is -0.465 e. The molecule has 138 valence electrons. The first-order chi connectivity index (χ1) is 13.1. The molecular weight excluding hydrogens is 366 g/mol. The van der Waals surface area contributed by atoms with Crippen molar-refractivity contribution in [1.82, 2.24) is 4.98 Å². The van der Waals surface area contributed by atoms with Gasteiger partial charge < -0.3 is 9.84 Å². The third kappa shape index (κ3) is 5.29. The van der Waals surface area contributed by atoms with Gasteiger partial charge in [-0.15, -0.1) is 11.3 Å². The predicted molar refractivity (Wildman–Crippen MR) is 103 cm³/mol. The van der Waals surface area contributed by atoms with Crippen LogP contribution in [0.3, 0.4) is 0 Å². The fourth-order valence-electron chi connectivity index (χ4n) is 2.36. The van der Waals surface area contributed by atoms with Gasteiger partial charge in [-0.2, -0.15) is 0 Å². The molecule has 0 fully saturated rings. The Morgan fingerprint density at radius 1 is 1.11 bits per heavy atom. The molecule has 2 N–H and O–H groups in total. The lowest BCUT2D eigenvalue weighted by Crippen LogP contribution is -2.28. The van der Waals surface area contributed by atoms with Crippen molar-refractivity contribution < 1.29 is 19.4 Å². The normalized spacial score (nSPS) is 10.2. The first kappa shape index (κ1) is 18.4. The number of nitrogens with zero attached hydrogens (tertiary/aromatic N) is 2. The van der Waals surface area contributed by atoms with Gasteiger partial charge in [-0.1, -0.05) is 30.3 Å². The number of aromatic nitrogens is 1. The van der Waals surface area contributed by atoms with Crippen LogP contribution in [0, 0.1) is 0 Å². The number of carbonyl (C=O) groups excluding carboxylic acids is 1. The van der Waals surface area contributed by atoms with Crippen LogP contribution in [-0.4, -0.2) is 22.3 Å². The molecule has 0 unspecified atom stereocenters. The van der Waals surface area contributed by atoms with E-state index in [1.165, 1.54) is 16.2 Å². The zero-order valence-electron chi connectivity index (χ0n) is 14.2. The summed E-state index contributed by atoms with van der Waals surface area (Å²) < 4.78 is 5.10. The minimum absolute atomic E-state index is 0.151. The van der Waals surface area contributed by atoms with E-state index in [9.17, 15) is 14.7 Å². The molecule has 1 heterocycles. The summed E-state index contributed by atoms with van der Waals surface area (Å²) in [5.74, 6) is 0. The van der Waals surface area contributed by atoms with Crippen molar-refractivity contribution in [2.24, 2.45) is 0 Å². The average Bonchev–Trinajstić information content (AvgIpc) is 3.20. The van der Waals surface area contributed by atoms with Crippen molar-refractivity contribution in [3.8, 4) is 0 Å². The highest BCUT2D eigenvalue weighted by molar-refractivity contribution is 7.09. The van der Waals surface area contributed by atoms with Crippen molar-refractivity contribution >= 4 is 34.9 Å². The van der Waals surface area contributed by atoms with Crippen LogP contribution in [0.25, 0.3) is 0 Å². The van der Waals surface area contributed by atoms with Gasteiger partial charge in [-0.05, 0) is 29.8 Å². The first-order valence-corrected chi connectivity index (χ1v) is 8.95. The van der Waals surface area contributed by atoms with E-state index in [-0.39, 0.29) is 13.2 Å². The summed E-state index contributed by atoms with van der Waals surface area (Å²) in [7, 11) is 0. The molecule has 0 radical (unpaired) electrons. The van der Waals surface area contributed by atoms with E-state index in [4.69, 9.17) is 4.74 Å². The van der Waals surface area contributed by atoms with Gasteiger partial charge in [0.25, 0.3) is 0 Å². The number of rotatable bonds is 6. The molecule has 0 bridgehead atoms. The second-order valence-electron chi connectivity index (χ2n) is 5.57. The van der Waals surface area contributed by atoms with E-state index in [0.29, 0.717) is 11.4 Å². The Bertz CT molecular complexity index is 883. The van der Waals surface area contributed by atoms with Crippen LogP contribution < -0.4 is 10.2 Å². The van der Waals surface area contributed by atoms with Gasteiger partial charge in [0.1, 0.15) is 6.61 Å². The zero-order valence-corrected chi connectivity index (χ0v) is 15.1. The third-order valence-electron chi connectivity index (χ3n) is 3.67. The van der Waals surface area contributed by atoms with E-state index in [1.54, 1.807) is 36.0 Å². The van der Waals surface area contributed by atoms with E-state index in [2.05, 4.69) is 10.3 Å². The maximum atomic E-state index is 11.8. The third-order valence-corrected chi connectivity index (χ3v) is 4.42. The summed E-state index contributed by atoms with van der Waals surface area (Å²) in [5.41, 5.74) is 3.57. The number of hydrogen-bond acceptors (Lipinski definition) is 5. The fourth-order valence-corrected chi connectivity index (χ4v) is 2.87. The number of hydrogen-bond donors (Lipinski definition) is 2. The second-order valence-corrected chi connectivity index (χ2v) is 6.54. The maximum absolute atomic E-state index is 11.8. The topological polar surface area (TPSA) is 91.8 Å². The summed E-state index contributed by atoms with van der Waals surface area (Å²) >= 11 is 1.40. The lowest BCUT2D eigenvalue weighted by Gasteiger charge is -2.19. The van der Waals surface area contributed by atoms with Gasteiger partial charge in [0.05, 0.1) is 16.9 Å². The van der Waals surface area contributed by atoms with Crippen LogP contribution in [0.4, 0.5) is 21.0 Å². The Morgan fingerprint density at radius 3 is 2.48 bits per heavy atom. The Kier molecular flexibility index (Phi) is 6.01. The number of anilines is 2. The molecule has 1 aromatic heterocycles. The molecule has 0 aliphatic carbocycles. The number of amides is 2. The van der Waals surface area contributed by atoms with Crippen LogP contribution in [0.5, 0.6) is 0 Å². The Hall–Kier alpha value is -3.39. The van der Waals surface area contributed by atoms with Crippen LogP contribution >= 0.6 is 11.3 Å². The average molecular weight is 383 g/mol. The monoisotopic (exact) mass is 383 g/mol. The van der Waals surface area contributed by atoms with Crippen molar-refractivity contribution in [3.63, 3.8) is 0 Å². The molecule has 0 atom stereocenters. The molecule has 8 heteroatoms. The molecule has 2 aromatic carbocycles. The first-order valence-electron chi connectivity index (χ1n) is 8.07. The summed E-state index contributed by atoms with van der Waals surface area (Å²) in [6.45, 7) is 0.387. The quantitative estimate of drug-likeness (QED) is 0.650. The van der Waals surface area contributed by atoms with Crippen LogP contribution in [0.2, 0.25) is 0 Å². The molecular formula is C19H17N3O4S. The number of benzene rings is 2. The largest absolute Gasteiger partial charge is 0.465 e. The number of ether oxygens (including phenoxy) is 1. The Labute approximate surface area is 159 Å². The molecule has 0 saturated carbocycles. The summed E-state index contributed by atoms with van der Waals surface area (Å²) in [5, 5.41) is 12.1. The van der Waals surface area contributed by atoms with Crippen LogP contribution in [0.15, 0.2) is 66.3 Å². The molecule has 27 heavy (non-hydrogen) atoms. The lowest BCUT2D eigenvalue weighted by molar-refractivity contribution is 0.156. The molecule has 7 nitrogen and oxygen atoms in total. The van der Waals surface area contributed by atoms with Crippen LogP contribution in [-0.2, 0) is 17.9 Å². The fraction of sp³-hybridized carbons (Fsp3) is 0.105. The maximum Gasteiger partial charge on any atom is 0.412 e. The number of carboxylic acid groups (broad SMARTS) is 1. The molecule has 0 aliphatic heterocycles. The molecule has 0 saturated heterocycles. The van der Waals surface area contributed by atoms with Crippen LogP contribution in [0.1, 0.15) is 10.4 Å². The molecule has 3 aromatic rings. The van der Waals surface area contributed by atoms with Crippen molar-refractivity contribution in [1.29, 1.82) is 0 Å². The highest BCUT2D eigenvalue weighted by Gasteiger charge is 2.15. The summed E-state index contributed by atoms with van der Waals surface area (Å²) in [6.07, 6.45) is -0.000909. The smallest absolute Gasteiger partial charge is 0.412 e. The second kappa shape index (κ2) is 8.81. The van der Waals surface area contributed by atoms with E-state index in [1.807, 2.05) is 30.3 Å². The highest BCUT2D eigenvalue weighted by atomic mass is 32.1. The van der Waals surface area contributed by atoms with Crippen molar-refractivity contribution in [2.45, 2.75) is 13.2 Å². The van der Waals surface area contributed by atoms with Gasteiger partial charge in [-0.3, -0.25) is 15.2 Å². The van der Waals surface area contributed by atoms with Gasteiger partial charge in [0, 0.05) is 17.6 Å². The van der Waals surface area contributed by atoms with E-state index < -0.39 is 12.2 Å². The molecule has 3 rings (SSSR count). The SMILES string of the molecule is O=C(Nc1ccc(N(Cc2ccccc2)C(=O)O)cc1)OCc1cncs1. The van der Waals surface area contributed by atoms with E-state index in [0.717, 1.165) is 10.4 Å². The molecule has 2 amide bonds. The van der Waals surface area contributed by atoms with Gasteiger partial charge in [0.15, 0.2) is 0 Å². The lowest BCUT2D eigenvalue weighted by atomic mass is 10.2. The van der Waals surface area contributed by atoms with Gasteiger partial charge in [0.2, 0.25) is 0 Å². The standard InChI is InChI=1S/C19H17N3O4S/c23-18(26-12-17-10-20-13-27-17)21-15-6-8-16(9-7-15)22(19(24)25)11-14-4-2-1-3-5-14/h1-10,13H,11-12H2,(H,21,23)(H,24,25).